The van der Waals surface area contributed by atoms with Gasteiger partial charge in [-0.05, 0) is 12.1 Å². The van der Waals surface area contributed by atoms with E-state index >= 15 is 0 Å². The van der Waals surface area contributed by atoms with E-state index in [1.165, 1.54) is 12.1 Å². The molecule has 0 aliphatic heterocycles. The molecule has 0 bridgehead atoms. The number of hydrogen-bond donors (Lipinski definition) is 1. The van der Waals surface area contributed by atoms with Crippen LogP contribution in [-0.2, 0) is 0 Å². The second-order valence-electron chi connectivity index (χ2n) is 2.47. The van der Waals surface area contributed by atoms with E-state index in [-0.39, 0.29) is 15.6 Å². The lowest BCUT2D eigenvalue weighted by Crippen LogP contribution is -1.97. The molecule has 1 nitrogen and oxygen atoms in total. The summed E-state index contributed by atoms with van der Waals surface area (Å²) in [5.74, 6) is -0.596. The predicted molar refractivity (Wildman–Crippen MR) is 51.6 cm³/mol. The normalized spacial score (nSPS) is 12.6. The molecule has 0 heterocycles. The molecule has 0 saturated carbocycles. The molecule has 0 amide bonds. The molecule has 0 radical (unpaired) electrons. The first kappa shape index (κ1) is 10.5. The monoisotopic (exact) mass is 220 g/mol. The summed E-state index contributed by atoms with van der Waals surface area (Å²) in [5.41, 5.74) is 0.0735. The van der Waals surface area contributed by atoms with Crippen LogP contribution in [0.15, 0.2) is 24.8 Å². The van der Waals surface area contributed by atoms with Crippen molar-refractivity contribution in [3.05, 3.63) is 46.2 Å². The van der Waals surface area contributed by atoms with Gasteiger partial charge in [-0.15, -0.1) is 6.58 Å². The van der Waals surface area contributed by atoms with Crippen LogP contribution in [0.2, 0.25) is 10.0 Å². The Morgan fingerprint density at radius 1 is 1.38 bits per heavy atom. The van der Waals surface area contributed by atoms with Crippen molar-refractivity contribution in [1.29, 1.82) is 0 Å². The summed E-state index contributed by atoms with van der Waals surface area (Å²) in [7, 11) is 0. The van der Waals surface area contributed by atoms with E-state index in [4.69, 9.17) is 23.2 Å². The predicted octanol–water partition coefficient (Wildman–Crippen LogP) is 3.35. The summed E-state index contributed by atoms with van der Waals surface area (Å²) in [6.45, 7) is 3.34. The zero-order valence-corrected chi connectivity index (χ0v) is 8.11. The third kappa shape index (κ3) is 2.21. The Balaban J connectivity index is 3.22. The third-order valence-corrected chi connectivity index (χ3v) is 2.30. The van der Waals surface area contributed by atoms with E-state index in [1.807, 2.05) is 0 Å². The van der Waals surface area contributed by atoms with Gasteiger partial charge >= 0.3 is 0 Å². The van der Waals surface area contributed by atoms with Crippen LogP contribution in [0.1, 0.15) is 11.7 Å². The lowest BCUT2D eigenvalue weighted by Gasteiger charge is -2.08. The summed E-state index contributed by atoms with van der Waals surface area (Å²) in [6, 6.07) is 2.34. The highest BCUT2D eigenvalue weighted by molar-refractivity contribution is 6.42. The van der Waals surface area contributed by atoms with Crippen LogP contribution in [0.25, 0.3) is 0 Å². The maximum absolute atomic E-state index is 13.1. The number of hydrogen-bond acceptors (Lipinski definition) is 1. The summed E-state index contributed by atoms with van der Waals surface area (Å²) in [4.78, 5) is 0. The largest absolute Gasteiger partial charge is 0.384 e. The smallest absolute Gasteiger partial charge is 0.130 e. The van der Waals surface area contributed by atoms with Gasteiger partial charge in [-0.2, -0.15) is 0 Å². The molecule has 1 atom stereocenters. The summed E-state index contributed by atoms with van der Waals surface area (Å²) in [5, 5.41) is 9.60. The topological polar surface area (TPSA) is 20.2 Å². The fourth-order valence-corrected chi connectivity index (χ4v) is 1.21. The minimum Gasteiger partial charge on any atom is -0.384 e. The molecule has 70 valence electrons. The van der Waals surface area contributed by atoms with Gasteiger partial charge in [0.25, 0.3) is 0 Å². The van der Waals surface area contributed by atoms with Gasteiger partial charge in [0, 0.05) is 5.56 Å². The quantitative estimate of drug-likeness (QED) is 0.599. The van der Waals surface area contributed by atoms with Gasteiger partial charge in [0.2, 0.25) is 0 Å². The van der Waals surface area contributed by atoms with E-state index in [0.717, 1.165) is 6.07 Å². The highest BCUT2D eigenvalue weighted by Gasteiger charge is 2.12. The third-order valence-electron chi connectivity index (χ3n) is 1.58. The number of rotatable bonds is 2. The number of benzene rings is 1. The summed E-state index contributed by atoms with van der Waals surface area (Å²) in [6.07, 6.45) is 0.151. The van der Waals surface area contributed by atoms with Crippen molar-refractivity contribution in [2.75, 3.05) is 0 Å². The van der Waals surface area contributed by atoms with Crippen LogP contribution in [0.3, 0.4) is 0 Å². The Morgan fingerprint density at radius 3 is 2.46 bits per heavy atom. The van der Waals surface area contributed by atoms with Gasteiger partial charge in [-0.25, -0.2) is 4.39 Å². The number of aliphatic hydroxyl groups is 1. The Kier molecular flexibility index (Phi) is 3.31. The lowest BCUT2D eigenvalue weighted by molar-refractivity contribution is 0.223. The standard InChI is InChI=1S/C9H7Cl2FO/c1-2-9(13)5-3-6(10)7(11)4-8(5)12/h2-4,9,13H,1H2. The molecule has 0 aliphatic carbocycles. The molecular weight excluding hydrogens is 214 g/mol. The molecule has 1 rings (SSSR count). The fraction of sp³-hybridized carbons (Fsp3) is 0.111. The zero-order chi connectivity index (χ0) is 10.0. The van der Waals surface area contributed by atoms with Crippen LogP contribution in [0, 0.1) is 5.82 Å². The first-order valence-corrected chi connectivity index (χ1v) is 4.27. The number of halogens is 3. The first-order chi connectivity index (χ1) is 6.06. The second kappa shape index (κ2) is 4.09. The maximum atomic E-state index is 13.1. The van der Waals surface area contributed by atoms with E-state index in [2.05, 4.69) is 6.58 Å². The minimum atomic E-state index is -1.06. The molecule has 1 aromatic rings. The van der Waals surface area contributed by atoms with Crippen LogP contribution >= 0.6 is 23.2 Å². The SMILES string of the molecule is C=CC(O)c1cc(Cl)c(Cl)cc1F. The molecule has 0 aromatic heterocycles. The Morgan fingerprint density at radius 2 is 1.92 bits per heavy atom. The number of aliphatic hydroxyl groups excluding tert-OH is 1. The molecule has 0 saturated heterocycles. The highest BCUT2D eigenvalue weighted by atomic mass is 35.5. The minimum absolute atomic E-state index is 0.0735. The van der Waals surface area contributed by atoms with E-state index in [0.29, 0.717) is 0 Å². The van der Waals surface area contributed by atoms with Crippen molar-refractivity contribution in [3.8, 4) is 0 Å². The fourth-order valence-electron chi connectivity index (χ4n) is 0.892. The molecule has 0 aliphatic rings. The Hall–Kier alpha value is -0.570. The van der Waals surface area contributed by atoms with Crippen LogP contribution in [-0.4, -0.2) is 5.11 Å². The van der Waals surface area contributed by atoms with Crippen molar-refractivity contribution in [2.24, 2.45) is 0 Å². The van der Waals surface area contributed by atoms with Gasteiger partial charge in [0.1, 0.15) is 5.82 Å². The average molecular weight is 221 g/mol. The highest BCUT2D eigenvalue weighted by Crippen LogP contribution is 2.28. The van der Waals surface area contributed by atoms with Gasteiger partial charge in [0.05, 0.1) is 16.1 Å². The molecule has 0 fully saturated rings. The van der Waals surface area contributed by atoms with Gasteiger partial charge in [-0.3, -0.25) is 0 Å². The molecule has 1 unspecified atom stereocenters. The van der Waals surface area contributed by atoms with Gasteiger partial charge < -0.3 is 5.11 Å². The van der Waals surface area contributed by atoms with E-state index in [9.17, 15) is 9.50 Å². The van der Waals surface area contributed by atoms with E-state index in [1.54, 1.807) is 0 Å². The molecule has 13 heavy (non-hydrogen) atoms. The van der Waals surface area contributed by atoms with Gasteiger partial charge in [-0.1, -0.05) is 29.3 Å². The van der Waals surface area contributed by atoms with E-state index < -0.39 is 11.9 Å². The Labute approximate surface area is 85.4 Å². The van der Waals surface area contributed by atoms with Crippen molar-refractivity contribution in [1.82, 2.24) is 0 Å². The molecular formula is C9H7Cl2FO. The zero-order valence-electron chi connectivity index (χ0n) is 6.60. The maximum Gasteiger partial charge on any atom is 0.130 e. The Bertz CT molecular complexity index is 339. The molecule has 0 spiro atoms. The summed E-state index contributed by atoms with van der Waals surface area (Å²) >= 11 is 11.2. The first-order valence-electron chi connectivity index (χ1n) is 3.51. The van der Waals surface area contributed by atoms with Crippen molar-refractivity contribution in [3.63, 3.8) is 0 Å². The van der Waals surface area contributed by atoms with Crippen molar-refractivity contribution >= 4 is 23.2 Å². The molecule has 1 aromatic carbocycles. The van der Waals surface area contributed by atoms with Crippen molar-refractivity contribution in [2.45, 2.75) is 6.10 Å². The summed E-state index contributed by atoms with van der Waals surface area (Å²) < 4.78 is 13.1. The van der Waals surface area contributed by atoms with Gasteiger partial charge in [0.15, 0.2) is 0 Å². The van der Waals surface area contributed by atoms with Crippen LogP contribution in [0.4, 0.5) is 4.39 Å². The molecule has 4 heteroatoms. The second-order valence-corrected chi connectivity index (χ2v) is 3.28. The molecule has 1 N–H and O–H groups in total. The average Bonchev–Trinajstić information content (AvgIpc) is 2.10. The lowest BCUT2D eigenvalue weighted by atomic mass is 10.1. The van der Waals surface area contributed by atoms with Crippen LogP contribution in [0.5, 0.6) is 0 Å². The van der Waals surface area contributed by atoms with Crippen molar-refractivity contribution < 1.29 is 9.50 Å². The van der Waals surface area contributed by atoms with Crippen LogP contribution < -0.4 is 0 Å².